The van der Waals surface area contributed by atoms with Gasteiger partial charge in [0.15, 0.2) is 0 Å². The molecular formula is C22H21N3O4S. The van der Waals surface area contributed by atoms with Crippen LogP contribution in [0.1, 0.15) is 23.7 Å². The first kappa shape index (κ1) is 19.8. The molecule has 30 heavy (non-hydrogen) atoms. The van der Waals surface area contributed by atoms with Crippen molar-refractivity contribution in [3.05, 3.63) is 51.8 Å². The van der Waals surface area contributed by atoms with Crippen molar-refractivity contribution < 1.29 is 20.1 Å². The van der Waals surface area contributed by atoms with Crippen molar-refractivity contribution >= 4 is 29.2 Å². The van der Waals surface area contributed by atoms with Gasteiger partial charge in [-0.1, -0.05) is 25.2 Å². The number of fused-ring (bicyclic) bond motifs is 1. The number of phenolic OH excluding ortho intramolecular Hbond substituents is 2. The Balaban J connectivity index is 1.97. The van der Waals surface area contributed by atoms with E-state index in [9.17, 15) is 20.1 Å². The number of aromatic amines is 2. The highest BCUT2D eigenvalue weighted by molar-refractivity contribution is 7.71. The standard InChI is InChI=1S/C22H21N3O4S/c1-4-12-7-15(18(27)9-17(12)26)20-19(21(30)24-23-20)13-5-6-16-14(8-13)10(2)11(3)25(16)22(28)29/h5-9,26-27H,4H2,1-3H3,(H,28,29)(H2,23,24,30). The average molecular weight is 423 g/mol. The molecule has 2 heterocycles. The van der Waals surface area contributed by atoms with Crippen molar-refractivity contribution in [1.29, 1.82) is 0 Å². The van der Waals surface area contributed by atoms with E-state index in [1.54, 1.807) is 19.1 Å². The molecule has 0 fully saturated rings. The Morgan fingerprint density at radius 3 is 2.50 bits per heavy atom. The van der Waals surface area contributed by atoms with Gasteiger partial charge >= 0.3 is 6.09 Å². The maximum Gasteiger partial charge on any atom is 0.416 e. The Bertz CT molecular complexity index is 1380. The van der Waals surface area contributed by atoms with E-state index in [0.717, 1.165) is 16.5 Å². The topological polar surface area (TPSA) is 114 Å². The van der Waals surface area contributed by atoms with Gasteiger partial charge in [-0.25, -0.2) is 9.36 Å². The summed E-state index contributed by atoms with van der Waals surface area (Å²) < 4.78 is 1.73. The van der Waals surface area contributed by atoms with Gasteiger partial charge < -0.3 is 15.3 Å². The molecule has 0 saturated carbocycles. The van der Waals surface area contributed by atoms with E-state index >= 15 is 0 Å². The van der Waals surface area contributed by atoms with Crippen LogP contribution in [0.2, 0.25) is 0 Å². The van der Waals surface area contributed by atoms with Gasteiger partial charge in [0.1, 0.15) is 16.1 Å². The van der Waals surface area contributed by atoms with Gasteiger partial charge in [-0.2, -0.15) is 0 Å². The maximum atomic E-state index is 11.7. The number of H-pyrrole nitrogens is 2. The number of carboxylic acid groups (broad SMARTS) is 1. The summed E-state index contributed by atoms with van der Waals surface area (Å²) >= 11 is 5.50. The predicted molar refractivity (Wildman–Crippen MR) is 118 cm³/mol. The lowest BCUT2D eigenvalue weighted by atomic mass is 9.97. The minimum absolute atomic E-state index is 0.0389. The van der Waals surface area contributed by atoms with Crippen LogP contribution in [0.4, 0.5) is 4.79 Å². The smallest absolute Gasteiger partial charge is 0.416 e. The first-order chi connectivity index (χ1) is 14.2. The van der Waals surface area contributed by atoms with Crippen molar-refractivity contribution in [2.75, 3.05) is 0 Å². The van der Waals surface area contributed by atoms with Gasteiger partial charge in [0.2, 0.25) is 0 Å². The van der Waals surface area contributed by atoms with E-state index < -0.39 is 6.09 Å². The largest absolute Gasteiger partial charge is 0.508 e. The minimum atomic E-state index is -1.03. The molecule has 4 rings (SSSR count). The molecule has 0 aliphatic heterocycles. The number of hydrogen-bond donors (Lipinski definition) is 5. The quantitative estimate of drug-likeness (QED) is 0.280. The molecule has 0 saturated heterocycles. The van der Waals surface area contributed by atoms with Crippen LogP contribution in [0.3, 0.4) is 0 Å². The number of aromatic nitrogens is 3. The molecular weight excluding hydrogens is 402 g/mol. The summed E-state index contributed by atoms with van der Waals surface area (Å²) in [5.74, 6) is -0.0294. The summed E-state index contributed by atoms with van der Waals surface area (Å²) in [5.41, 5.74) is 5.44. The van der Waals surface area contributed by atoms with Crippen LogP contribution in [0, 0.1) is 18.5 Å². The Labute approximate surface area is 177 Å². The number of carbonyl (C=O) groups is 1. The van der Waals surface area contributed by atoms with Gasteiger partial charge in [-0.05, 0) is 55.2 Å². The van der Waals surface area contributed by atoms with Crippen molar-refractivity contribution in [1.82, 2.24) is 14.8 Å². The highest BCUT2D eigenvalue weighted by Gasteiger charge is 2.20. The van der Waals surface area contributed by atoms with E-state index in [2.05, 4.69) is 10.2 Å². The van der Waals surface area contributed by atoms with Gasteiger partial charge in [-0.3, -0.25) is 10.2 Å². The zero-order chi connectivity index (χ0) is 21.7. The lowest BCUT2D eigenvalue weighted by molar-refractivity contribution is 0.197. The molecule has 2 aromatic heterocycles. The number of phenols is 2. The van der Waals surface area contributed by atoms with Crippen molar-refractivity contribution in [3.8, 4) is 33.9 Å². The number of rotatable bonds is 3. The zero-order valence-corrected chi connectivity index (χ0v) is 17.5. The van der Waals surface area contributed by atoms with Crippen LogP contribution in [-0.4, -0.2) is 36.2 Å². The third-order valence-electron chi connectivity index (χ3n) is 5.62. The van der Waals surface area contributed by atoms with Gasteiger partial charge in [0.05, 0.1) is 11.2 Å². The molecule has 8 heteroatoms. The lowest BCUT2D eigenvalue weighted by Gasteiger charge is -2.10. The molecule has 4 aromatic rings. The lowest BCUT2D eigenvalue weighted by Crippen LogP contribution is -2.09. The van der Waals surface area contributed by atoms with Crippen LogP contribution in [0.25, 0.3) is 33.3 Å². The fourth-order valence-corrected chi connectivity index (χ4v) is 4.19. The second-order valence-electron chi connectivity index (χ2n) is 7.24. The number of nitrogens with zero attached hydrogens (tertiary/aromatic N) is 1. The fourth-order valence-electron chi connectivity index (χ4n) is 3.92. The summed E-state index contributed by atoms with van der Waals surface area (Å²) in [4.78, 5) is 11.7. The van der Waals surface area contributed by atoms with Gasteiger partial charge in [0.25, 0.3) is 0 Å². The SMILES string of the molecule is CCc1cc(-c2[nH][nH]c(=S)c2-c2ccc3c(c2)c(C)c(C)n3C(=O)O)c(O)cc1O. The van der Waals surface area contributed by atoms with E-state index in [4.69, 9.17) is 12.2 Å². The molecule has 2 aromatic carbocycles. The number of nitrogens with one attached hydrogen (secondary N) is 2. The normalized spacial score (nSPS) is 11.3. The van der Waals surface area contributed by atoms with E-state index in [1.807, 2.05) is 26.0 Å². The number of benzene rings is 2. The van der Waals surface area contributed by atoms with E-state index in [0.29, 0.717) is 44.7 Å². The number of aromatic hydroxyl groups is 2. The van der Waals surface area contributed by atoms with E-state index in [1.165, 1.54) is 10.6 Å². The molecule has 0 amide bonds. The third-order valence-corrected chi connectivity index (χ3v) is 5.93. The number of hydrogen-bond acceptors (Lipinski definition) is 4. The molecule has 0 bridgehead atoms. The Morgan fingerprint density at radius 2 is 1.83 bits per heavy atom. The second-order valence-corrected chi connectivity index (χ2v) is 7.65. The molecule has 5 N–H and O–H groups in total. The zero-order valence-electron chi connectivity index (χ0n) is 16.7. The van der Waals surface area contributed by atoms with Gasteiger partial charge in [-0.15, -0.1) is 0 Å². The van der Waals surface area contributed by atoms with Crippen LogP contribution >= 0.6 is 12.2 Å². The molecule has 0 radical (unpaired) electrons. The van der Waals surface area contributed by atoms with Crippen LogP contribution in [-0.2, 0) is 6.42 Å². The second kappa shape index (κ2) is 7.07. The first-order valence-electron chi connectivity index (χ1n) is 9.45. The molecule has 154 valence electrons. The number of aryl methyl sites for hydroxylation is 2. The summed E-state index contributed by atoms with van der Waals surface area (Å²) in [5, 5.41) is 36.8. The summed E-state index contributed by atoms with van der Waals surface area (Å²) in [6.45, 7) is 5.58. The summed E-state index contributed by atoms with van der Waals surface area (Å²) in [7, 11) is 0. The van der Waals surface area contributed by atoms with Crippen LogP contribution < -0.4 is 0 Å². The predicted octanol–water partition coefficient (Wildman–Crippen LogP) is 5.48. The monoisotopic (exact) mass is 423 g/mol. The maximum absolute atomic E-state index is 11.7. The highest BCUT2D eigenvalue weighted by Crippen LogP contribution is 2.40. The van der Waals surface area contributed by atoms with Crippen LogP contribution in [0.15, 0.2) is 30.3 Å². The van der Waals surface area contributed by atoms with E-state index in [-0.39, 0.29) is 11.5 Å². The minimum Gasteiger partial charge on any atom is -0.508 e. The van der Waals surface area contributed by atoms with Crippen molar-refractivity contribution in [2.24, 2.45) is 0 Å². The molecule has 0 spiro atoms. The Hall–Kier alpha value is -3.52. The summed E-state index contributed by atoms with van der Waals surface area (Å²) in [6.07, 6.45) is -0.425. The average Bonchev–Trinajstić information content (AvgIpc) is 3.19. The van der Waals surface area contributed by atoms with Crippen molar-refractivity contribution in [2.45, 2.75) is 27.2 Å². The van der Waals surface area contributed by atoms with Gasteiger partial charge in [0, 0.05) is 28.3 Å². The first-order valence-corrected chi connectivity index (χ1v) is 9.86. The summed E-state index contributed by atoms with van der Waals surface area (Å²) in [6, 6.07) is 8.54. The van der Waals surface area contributed by atoms with Crippen molar-refractivity contribution in [3.63, 3.8) is 0 Å². The molecule has 0 unspecified atom stereocenters. The molecule has 0 aliphatic rings. The molecule has 7 nitrogen and oxygen atoms in total. The third kappa shape index (κ3) is 2.88. The molecule has 0 atom stereocenters. The molecule has 0 aliphatic carbocycles. The Kier molecular flexibility index (Phi) is 4.66. The Morgan fingerprint density at radius 1 is 1.10 bits per heavy atom. The van der Waals surface area contributed by atoms with Crippen LogP contribution in [0.5, 0.6) is 11.5 Å². The fraction of sp³-hybridized carbons (Fsp3) is 0.182. The highest BCUT2D eigenvalue weighted by atomic mass is 32.1.